The van der Waals surface area contributed by atoms with Gasteiger partial charge in [-0.05, 0) is 0 Å². The van der Waals surface area contributed by atoms with Crippen LogP contribution in [0.4, 0.5) is 0 Å². The molecule has 1 aliphatic heterocycles. The summed E-state index contributed by atoms with van der Waals surface area (Å²) in [5, 5.41) is 11.5. The van der Waals surface area contributed by atoms with Crippen LogP contribution in [0.5, 0.6) is 0 Å². The zero-order chi connectivity index (χ0) is 6.85. The van der Waals surface area contributed by atoms with Crippen molar-refractivity contribution in [2.75, 3.05) is 13.1 Å². The molecule has 4 nitrogen and oxygen atoms in total. The van der Waals surface area contributed by atoms with Gasteiger partial charge in [0, 0.05) is 13.1 Å². The molecule has 0 aromatic carbocycles. The van der Waals surface area contributed by atoms with Crippen molar-refractivity contribution in [2.24, 2.45) is 5.92 Å². The molecule has 1 fully saturated rings. The van der Waals surface area contributed by atoms with Gasteiger partial charge in [0.25, 0.3) is 0 Å². The van der Waals surface area contributed by atoms with Gasteiger partial charge in [0.05, 0.1) is 0 Å². The van der Waals surface area contributed by atoms with E-state index < -0.39 is 5.97 Å². The van der Waals surface area contributed by atoms with Gasteiger partial charge < -0.3 is 16.2 Å². The Bertz CT molecular complexity index is 126. The van der Waals surface area contributed by atoms with Crippen LogP contribution >= 0.6 is 0 Å². The van der Waals surface area contributed by atoms with Gasteiger partial charge in [0.1, 0.15) is 12.0 Å². The third-order valence-electron chi connectivity index (χ3n) is 1.66. The Kier molecular flexibility index (Phi) is 1.68. The topological polar surface area (TPSA) is 77.0 Å². The Morgan fingerprint density at radius 1 is 1.67 bits per heavy atom. The number of carboxylic acid groups (broad SMARTS) is 1. The van der Waals surface area contributed by atoms with Gasteiger partial charge in [-0.1, -0.05) is 0 Å². The second-order valence-electron chi connectivity index (χ2n) is 2.36. The summed E-state index contributed by atoms with van der Waals surface area (Å²) in [6, 6.07) is 0.0440. The van der Waals surface area contributed by atoms with Crippen LogP contribution in [0.3, 0.4) is 0 Å². The van der Waals surface area contributed by atoms with Gasteiger partial charge in [-0.2, -0.15) is 0 Å². The molecule has 0 unspecified atom stereocenters. The second kappa shape index (κ2) is 2.33. The highest BCUT2D eigenvalue weighted by molar-refractivity contribution is 5.71. The Hall–Kier alpha value is -0.610. The highest BCUT2D eigenvalue weighted by Crippen LogP contribution is 2.03. The fraction of sp³-hybridized carbons (Fsp3) is 0.800. The molecule has 0 spiro atoms. The molecule has 2 atom stereocenters. The quantitative estimate of drug-likeness (QED) is 0.381. The van der Waals surface area contributed by atoms with Crippen LogP contribution in [0.1, 0.15) is 0 Å². The Balaban J connectivity index is 2.49. The summed E-state index contributed by atoms with van der Waals surface area (Å²) in [6.07, 6.45) is 0. The molecule has 9 heavy (non-hydrogen) atoms. The highest BCUT2D eigenvalue weighted by atomic mass is 16.4. The molecule has 1 heterocycles. The molecular weight excluding hydrogens is 120 g/mol. The van der Waals surface area contributed by atoms with Crippen molar-refractivity contribution in [1.29, 1.82) is 0 Å². The molecule has 0 aliphatic carbocycles. The van der Waals surface area contributed by atoms with E-state index in [-0.39, 0.29) is 12.0 Å². The smallest absolute Gasteiger partial charge is 0.313 e. The summed E-state index contributed by atoms with van der Waals surface area (Å²) in [7, 11) is 0. The number of carboxylic acids is 1. The van der Waals surface area contributed by atoms with Gasteiger partial charge in [-0.3, -0.25) is 4.79 Å². The van der Waals surface area contributed by atoms with E-state index >= 15 is 0 Å². The average molecular weight is 131 g/mol. The first kappa shape index (κ1) is 6.51. The van der Waals surface area contributed by atoms with E-state index in [4.69, 9.17) is 5.11 Å². The molecule has 0 aromatic rings. The van der Waals surface area contributed by atoms with E-state index in [1.165, 1.54) is 0 Å². The monoisotopic (exact) mass is 131 g/mol. The summed E-state index contributed by atoms with van der Waals surface area (Å²) in [6.45, 7) is 1.31. The van der Waals surface area contributed by atoms with Crippen LogP contribution in [0.15, 0.2) is 0 Å². The van der Waals surface area contributed by atoms with Crippen molar-refractivity contribution >= 4 is 5.97 Å². The minimum Gasteiger partial charge on any atom is -0.481 e. The van der Waals surface area contributed by atoms with E-state index in [9.17, 15) is 4.79 Å². The van der Waals surface area contributed by atoms with E-state index in [0.29, 0.717) is 6.54 Å². The molecule has 0 aromatic heterocycles. The Labute approximate surface area is 53.0 Å². The molecule has 5 N–H and O–H groups in total. The van der Waals surface area contributed by atoms with Crippen molar-refractivity contribution in [3.05, 3.63) is 0 Å². The van der Waals surface area contributed by atoms with Crippen molar-refractivity contribution in [3.63, 3.8) is 0 Å². The predicted octanol–water partition coefficient (Wildman–Crippen LogP) is -2.10. The normalized spacial score (nSPS) is 34.8. The maximum atomic E-state index is 10.3. The van der Waals surface area contributed by atoms with Crippen LogP contribution in [-0.4, -0.2) is 30.2 Å². The molecule has 4 heteroatoms. The van der Waals surface area contributed by atoms with Crippen LogP contribution in [0.2, 0.25) is 0 Å². The minimum absolute atomic E-state index is 0.0440. The zero-order valence-corrected chi connectivity index (χ0v) is 5.13. The van der Waals surface area contributed by atoms with Gasteiger partial charge in [0.2, 0.25) is 0 Å². The summed E-state index contributed by atoms with van der Waals surface area (Å²) < 4.78 is 0. The lowest BCUT2D eigenvalue weighted by Crippen LogP contribution is -2.65. The number of hydrogen-bond donors (Lipinski definition) is 3. The average Bonchev–Trinajstić information content (AvgIpc) is 2.13. The lowest BCUT2D eigenvalue weighted by Gasteiger charge is -2.02. The van der Waals surface area contributed by atoms with Crippen LogP contribution < -0.4 is 11.1 Å². The molecule has 0 bridgehead atoms. The molecule has 1 saturated heterocycles. The molecule has 1 rings (SSSR count). The van der Waals surface area contributed by atoms with Gasteiger partial charge >= 0.3 is 5.97 Å². The van der Waals surface area contributed by atoms with Crippen LogP contribution in [0, 0.1) is 5.92 Å². The highest BCUT2D eigenvalue weighted by Gasteiger charge is 2.32. The third-order valence-corrected chi connectivity index (χ3v) is 1.66. The number of nitrogens with one attached hydrogen (secondary N) is 1. The molecule has 0 amide bonds. The summed E-state index contributed by atoms with van der Waals surface area (Å²) >= 11 is 0. The van der Waals surface area contributed by atoms with E-state index in [1.807, 2.05) is 0 Å². The van der Waals surface area contributed by atoms with Crippen molar-refractivity contribution in [1.82, 2.24) is 5.32 Å². The summed E-state index contributed by atoms with van der Waals surface area (Å²) in [5.41, 5.74) is 3.70. The largest absolute Gasteiger partial charge is 0.481 e. The predicted molar refractivity (Wildman–Crippen MR) is 30.7 cm³/mol. The van der Waals surface area contributed by atoms with Crippen LogP contribution in [0.25, 0.3) is 0 Å². The van der Waals surface area contributed by atoms with Crippen molar-refractivity contribution in [2.45, 2.75) is 6.04 Å². The minimum atomic E-state index is -0.736. The van der Waals surface area contributed by atoms with Crippen molar-refractivity contribution in [3.8, 4) is 0 Å². The summed E-state index contributed by atoms with van der Waals surface area (Å²) in [4.78, 5) is 10.3. The van der Waals surface area contributed by atoms with Crippen molar-refractivity contribution < 1.29 is 15.6 Å². The number of carbonyl (C=O) groups is 1. The molecule has 0 radical (unpaired) electrons. The number of rotatable bonds is 1. The van der Waals surface area contributed by atoms with E-state index in [0.717, 1.165) is 6.54 Å². The standard InChI is InChI=1S/C5H10N2O2/c6-4-2-7-1-3(4)5(8)9/h3-4,7H,1-2,6H2,(H,8,9)/p+1/t3-,4-/m1/s1. The van der Waals surface area contributed by atoms with Gasteiger partial charge in [-0.25, -0.2) is 0 Å². The first-order valence-electron chi connectivity index (χ1n) is 2.98. The number of quaternary nitrogens is 1. The first-order valence-corrected chi connectivity index (χ1v) is 2.98. The molecular formula is C5H11N2O2+. The second-order valence-corrected chi connectivity index (χ2v) is 2.36. The Morgan fingerprint density at radius 2 is 2.33 bits per heavy atom. The first-order chi connectivity index (χ1) is 4.22. The Morgan fingerprint density at radius 3 is 2.56 bits per heavy atom. The third kappa shape index (κ3) is 1.20. The lowest BCUT2D eigenvalue weighted by molar-refractivity contribution is -0.420. The molecule has 1 aliphatic rings. The van der Waals surface area contributed by atoms with Gasteiger partial charge in [0.15, 0.2) is 0 Å². The SMILES string of the molecule is [NH3+][C@@H]1CNC[C@H]1C(=O)O. The van der Waals surface area contributed by atoms with E-state index in [2.05, 4.69) is 11.1 Å². The van der Waals surface area contributed by atoms with E-state index in [1.54, 1.807) is 0 Å². The molecule has 0 saturated carbocycles. The molecule has 52 valence electrons. The number of hydrogen-bond acceptors (Lipinski definition) is 2. The number of aliphatic carboxylic acids is 1. The zero-order valence-electron chi connectivity index (χ0n) is 5.13. The van der Waals surface area contributed by atoms with Crippen LogP contribution in [-0.2, 0) is 4.79 Å². The maximum absolute atomic E-state index is 10.3. The maximum Gasteiger partial charge on any atom is 0.313 e. The van der Waals surface area contributed by atoms with Gasteiger partial charge in [-0.15, -0.1) is 0 Å². The lowest BCUT2D eigenvalue weighted by atomic mass is 10.1. The summed E-state index contributed by atoms with van der Waals surface area (Å²) in [5.74, 6) is -1.01. The fourth-order valence-electron chi connectivity index (χ4n) is 1.02. The fourth-order valence-corrected chi connectivity index (χ4v) is 1.02.